The zero-order chi connectivity index (χ0) is 14.5. The lowest BCUT2D eigenvalue weighted by Crippen LogP contribution is -2.42. The summed E-state index contributed by atoms with van der Waals surface area (Å²) in [6, 6.07) is 7.85. The molecule has 0 saturated carbocycles. The average molecular weight is 275 g/mol. The van der Waals surface area contributed by atoms with E-state index in [-0.39, 0.29) is 5.91 Å². The minimum Gasteiger partial charge on any atom is -0.399 e. The van der Waals surface area contributed by atoms with Crippen LogP contribution in [0.15, 0.2) is 24.3 Å². The van der Waals surface area contributed by atoms with E-state index in [0.717, 1.165) is 24.7 Å². The number of anilines is 2. The Morgan fingerprint density at radius 2 is 2.00 bits per heavy atom. The minimum absolute atomic E-state index is 0.0696. The van der Waals surface area contributed by atoms with Crippen LogP contribution in [0.2, 0.25) is 0 Å². The molecule has 1 aliphatic heterocycles. The first-order valence-corrected chi connectivity index (χ1v) is 7.44. The fourth-order valence-electron chi connectivity index (χ4n) is 2.73. The van der Waals surface area contributed by atoms with E-state index < -0.39 is 0 Å². The van der Waals surface area contributed by atoms with Gasteiger partial charge in [0.2, 0.25) is 5.91 Å². The van der Waals surface area contributed by atoms with Crippen molar-refractivity contribution in [2.45, 2.75) is 39.2 Å². The number of carbonyl (C=O) groups is 1. The Morgan fingerprint density at radius 3 is 2.70 bits per heavy atom. The molecule has 4 nitrogen and oxygen atoms in total. The summed E-state index contributed by atoms with van der Waals surface area (Å²) in [6.07, 6.45) is 3.08. The normalized spacial score (nSPS) is 23.5. The van der Waals surface area contributed by atoms with Gasteiger partial charge in [-0.05, 0) is 49.9 Å². The van der Waals surface area contributed by atoms with Crippen molar-refractivity contribution >= 4 is 17.3 Å². The molecule has 0 radical (unpaired) electrons. The van der Waals surface area contributed by atoms with Crippen molar-refractivity contribution in [1.29, 1.82) is 0 Å². The number of likely N-dealkylation sites (tertiary alicyclic amines) is 1. The maximum absolute atomic E-state index is 12.0. The van der Waals surface area contributed by atoms with Crippen LogP contribution in [0, 0.1) is 5.92 Å². The summed E-state index contributed by atoms with van der Waals surface area (Å²) in [5.74, 6) is 0.812. The second-order valence-corrected chi connectivity index (χ2v) is 5.95. The fraction of sp³-hybridized carbons (Fsp3) is 0.562. The van der Waals surface area contributed by atoms with Crippen LogP contribution in [-0.4, -0.2) is 29.9 Å². The summed E-state index contributed by atoms with van der Waals surface area (Å²) in [4.78, 5) is 14.4. The molecule has 1 heterocycles. The Hall–Kier alpha value is -1.55. The number of nitrogens with one attached hydrogen (secondary N) is 1. The minimum atomic E-state index is 0.0696. The lowest BCUT2D eigenvalue weighted by atomic mass is 9.95. The number of hydrogen-bond donors (Lipinski definition) is 2. The van der Waals surface area contributed by atoms with Crippen LogP contribution in [-0.2, 0) is 4.79 Å². The average Bonchev–Trinajstić information content (AvgIpc) is 2.42. The Kier molecular flexibility index (Phi) is 5.01. The predicted octanol–water partition coefficient (Wildman–Crippen LogP) is 2.72. The molecule has 1 saturated heterocycles. The molecule has 1 aromatic rings. The molecule has 20 heavy (non-hydrogen) atoms. The van der Waals surface area contributed by atoms with E-state index in [1.165, 1.54) is 12.8 Å². The number of nitrogens with zero attached hydrogens (tertiary/aromatic N) is 1. The van der Waals surface area contributed by atoms with E-state index in [1.54, 1.807) is 12.1 Å². The summed E-state index contributed by atoms with van der Waals surface area (Å²) in [7, 11) is 0. The third-order valence-electron chi connectivity index (χ3n) is 4.07. The van der Waals surface area contributed by atoms with Crippen LogP contribution in [0.4, 0.5) is 11.4 Å². The van der Waals surface area contributed by atoms with Crippen LogP contribution in [0.5, 0.6) is 0 Å². The topological polar surface area (TPSA) is 58.4 Å². The van der Waals surface area contributed by atoms with Gasteiger partial charge in [0.1, 0.15) is 0 Å². The van der Waals surface area contributed by atoms with Gasteiger partial charge in [-0.15, -0.1) is 0 Å². The van der Waals surface area contributed by atoms with Gasteiger partial charge < -0.3 is 11.1 Å². The van der Waals surface area contributed by atoms with Crippen molar-refractivity contribution in [3.05, 3.63) is 24.3 Å². The van der Waals surface area contributed by atoms with Crippen LogP contribution < -0.4 is 11.1 Å². The van der Waals surface area contributed by atoms with Crippen LogP contribution in [0.25, 0.3) is 0 Å². The highest BCUT2D eigenvalue weighted by Crippen LogP contribution is 2.21. The predicted molar refractivity (Wildman–Crippen MR) is 83.5 cm³/mol. The fourth-order valence-corrected chi connectivity index (χ4v) is 2.73. The van der Waals surface area contributed by atoms with Gasteiger partial charge in [0.15, 0.2) is 0 Å². The second kappa shape index (κ2) is 6.75. The van der Waals surface area contributed by atoms with Crippen LogP contribution in [0.3, 0.4) is 0 Å². The van der Waals surface area contributed by atoms with Crippen molar-refractivity contribution < 1.29 is 4.79 Å². The molecule has 2 unspecified atom stereocenters. The molecule has 0 aromatic heterocycles. The van der Waals surface area contributed by atoms with Crippen molar-refractivity contribution in [2.75, 3.05) is 24.1 Å². The van der Waals surface area contributed by atoms with Crippen molar-refractivity contribution in [3.8, 4) is 0 Å². The molecular weight excluding hydrogens is 250 g/mol. The molecule has 0 spiro atoms. The molecule has 3 N–H and O–H groups in total. The zero-order valence-electron chi connectivity index (χ0n) is 12.4. The highest BCUT2D eigenvalue weighted by molar-refractivity contribution is 5.90. The molecule has 0 aliphatic carbocycles. The van der Waals surface area contributed by atoms with E-state index in [9.17, 15) is 4.79 Å². The van der Waals surface area contributed by atoms with Gasteiger partial charge >= 0.3 is 0 Å². The summed E-state index contributed by atoms with van der Waals surface area (Å²) >= 11 is 0. The quantitative estimate of drug-likeness (QED) is 0.831. The number of benzene rings is 1. The van der Waals surface area contributed by atoms with Crippen LogP contribution >= 0.6 is 0 Å². The molecule has 1 amide bonds. The summed E-state index contributed by atoms with van der Waals surface area (Å²) in [5, 5.41) is 2.91. The van der Waals surface area contributed by atoms with E-state index in [0.29, 0.717) is 18.2 Å². The van der Waals surface area contributed by atoms with E-state index in [2.05, 4.69) is 24.1 Å². The lowest BCUT2D eigenvalue weighted by Gasteiger charge is -2.36. The van der Waals surface area contributed by atoms with Crippen molar-refractivity contribution in [2.24, 2.45) is 5.92 Å². The maximum Gasteiger partial charge on any atom is 0.225 e. The number of amides is 1. The molecule has 1 fully saturated rings. The lowest BCUT2D eigenvalue weighted by molar-refractivity contribution is -0.116. The maximum atomic E-state index is 12.0. The Bertz CT molecular complexity index is 444. The number of hydrogen-bond acceptors (Lipinski definition) is 3. The van der Waals surface area contributed by atoms with E-state index in [4.69, 9.17) is 5.73 Å². The molecule has 2 rings (SSSR count). The van der Waals surface area contributed by atoms with Crippen molar-refractivity contribution in [3.63, 3.8) is 0 Å². The van der Waals surface area contributed by atoms with Gasteiger partial charge in [0, 0.05) is 36.9 Å². The van der Waals surface area contributed by atoms with E-state index in [1.807, 2.05) is 12.1 Å². The first-order chi connectivity index (χ1) is 9.54. The molecule has 110 valence electrons. The second-order valence-electron chi connectivity index (χ2n) is 5.95. The molecule has 2 atom stereocenters. The Labute approximate surface area is 121 Å². The standard InChI is InChI=1S/C16H25N3O/c1-12-3-4-13(2)19(11-12)10-9-16(20)18-15-7-5-14(17)6-8-15/h5-8,12-13H,3-4,9-11,17H2,1-2H3,(H,18,20). The van der Waals surface area contributed by atoms with E-state index >= 15 is 0 Å². The molecular formula is C16H25N3O. The molecule has 1 aliphatic rings. The highest BCUT2D eigenvalue weighted by Gasteiger charge is 2.22. The largest absolute Gasteiger partial charge is 0.399 e. The van der Waals surface area contributed by atoms with Gasteiger partial charge in [-0.1, -0.05) is 6.92 Å². The summed E-state index contributed by atoms with van der Waals surface area (Å²) in [5.41, 5.74) is 7.14. The number of rotatable bonds is 4. The molecule has 1 aromatic carbocycles. The van der Waals surface area contributed by atoms with Gasteiger partial charge in [-0.2, -0.15) is 0 Å². The smallest absolute Gasteiger partial charge is 0.225 e. The zero-order valence-corrected chi connectivity index (χ0v) is 12.4. The number of nitrogen functional groups attached to an aromatic ring is 1. The van der Waals surface area contributed by atoms with Gasteiger partial charge in [0.25, 0.3) is 0 Å². The summed E-state index contributed by atoms with van der Waals surface area (Å²) in [6.45, 7) is 6.49. The van der Waals surface area contributed by atoms with Gasteiger partial charge in [-0.25, -0.2) is 0 Å². The van der Waals surface area contributed by atoms with Crippen molar-refractivity contribution in [1.82, 2.24) is 4.90 Å². The third-order valence-corrected chi connectivity index (χ3v) is 4.07. The number of nitrogens with two attached hydrogens (primary N) is 1. The first kappa shape index (κ1) is 14.9. The van der Waals surface area contributed by atoms with Crippen LogP contribution in [0.1, 0.15) is 33.1 Å². The number of piperidine rings is 1. The molecule has 0 bridgehead atoms. The Balaban J connectivity index is 1.78. The van der Waals surface area contributed by atoms with Gasteiger partial charge in [0.05, 0.1) is 0 Å². The SMILES string of the molecule is CC1CCC(C)N(CCC(=O)Nc2ccc(N)cc2)C1. The third kappa shape index (κ3) is 4.23. The highest BCUT2D eigenvalue weighted by atomic mass is 16.1. The summed E-state index contributed by atoms with van der Waals surface area (Å²) < 4.78 is 0. The van der Waals surface area contributed by atoms with Gasteiger partial charge in [-0.3, -0.25) is 9.69 Å². The molecule has 4 heteroatoms. The monoisotopic (exact) mass is 275 g/mol. The number of carbonyl (C=O) groups excluding carboxylic acids is 1. The Morgan fingerprint density at radius 1 is 1.30 bits per heavy atom. The first-order valence-electron chi connectivity index (χ1n) is 7.44.